The summed E-state index contributed by atoms with van der Waals surface area (Å²) >= 11 is 3.65. The van der Waals surface area contributed by atoms with Gasteiger partial charge in [-0.05, 0) is 47.7 Å². The van der Waals surface area contributed by atoms with Crippen molar-refractivity contribution in [1.82, 2.24) is 5.32 Å². The Bertz CT molecular complexity index is 560. The highest BCUT2D eigenvalue weighted by Crippen LogP contribution is 2.43. The Morgan fingerprint density at radius 3 is 2.56 bits per heavy atom. The van der Waals surface area contributed by atoms with Gasteiger partial charge in [0.25, 0.3) is 0 Å². The van der Waals surface area contributed by atoms with Crippen LogP contribution in [0.5, 0.6) is 0 Å². The molecule has 1 atom stereocenters. The summed E-state index contributed by atoms with van der Waals surface area (Å²) in [5, 5.41) is 6.35. The molecule has 1 N–H and O–H groups in total. The zero-order valence-electron chi connectivity index (χ0n) is 10.6. The highest BCUT2D eigenvalue weighted by Gasteiger charge is 2.32. The van der Waals surface area contributed by atoms with Gasteiger partial charge in [0.05, 0.1) is 0 Å². The van der Waals surface area contributed by atoms with Gasteiger partial charge in [0, 0.05) is 10.5 Å². The van der Waals surface area contributed by atoms with E-state index >= 15 is 0 Å². The highest BCUT2D eigenvalue weighted by atomic mass is 79.9. The van der Waals surface area contributed by atoms with E-state index < -0.39 is 0 Å². The van der Waals surface area contributed by atoms with E-state index in [1.165, 1.54) is 33.7 Å². The van der Waals surface area contributed by atoms with Gasteiger partial charge in [0.1, 0.15) is 0 Å². The van der Waals surface area contributed by atoms with E-state index in [1.54, 1.807) is 0 Å². The second-order valence-electron chi connectivity index (χ2n) is 5.05. The summed E-state index contributed by atoms with van der Waals surface area (Å²) in [6.07, 6.45) is 2.73. The average molecular weight is 304 g/mol. The maximum Gasteiger partial charge on any atom is 0.0354 e. The number of hydrogen-bond donors (Lipinski definition) is 1. The van der Waals surface area contributed by atoms with E-state index in [2.05, 4.69) is 64.6 Å². The van der Waals surface area contributed by atoms with Crippen LogP contribution >= 0.6 is 15.9 Å². The van der Waals surface area contributed by atoms with Crippen molar-refractivity contribution in [2.45, 2.75) is 25.8 Å². The highest BCUT2D eigenvalue weighted by molar-refractivity contribution is 9.10. The van der Waals surface area contributed by atoms with Gasteiger partial charge >= 0.3 is 0 Å². The lowest BCUT2D eigenvalue weighted by atomic mass is 9.96. The Morgan fingerprint density at radius 1 is 1.17 bits per heavy atom. The third-order valence-corrected chi connectivity index (χ3v) is 4.45. The number of nitrogens with one attached hydrogen (secondary N) is 1. The molecule has 1 fully saturated rings. The molecule has 2 aromatic rings. The summed E-state index contributed by atoms with van der Waals surface area (Å²) < 4.78 is 1.19. The largest absolute Gasteiger partial charge is 0.310 e. The Morgan fingerprint density at radius 2 is 1.89 bits per heavy atom. The topological polar surface area (TPSA) is 12.0 Å². The number of benzene rings is 2. The Balaban J connectivity index is 2.12. The van der Waals surface area contributed by atoms with Crippen molar-refractivity contribution >= 4 is 26.7 Å². The van der Waals surface area contributed by atoms with Crippen LogP contribution in [-0.2, 0) is 0 Å². The normalized spacial score (nSPS) is 17.0. The van der Waals surface area contributed by atoms with E-state index in [0.29, 0.717) is 6.04 Å². The maximum atomic E-state index is 3.66. The molecular formula is C16H18BrN. The predicted octanol–water partition coefficient (Wildman–Crippen LogP) is 4.66. The molecule has 1 aliphatic carbocycles. The number of halogens is 1. The Labute approximate surface area is 117 Å². The van der Waals surface area contributed by atoms with E-state index in [-0.39, 0.29) is 0 Å². The number of fused-ring (bicyclic) bond motifs is 1. The molecule has 0 aliphatic heterocycles. The lowest BCUT2D eigenvalue weighted by Crippen LogP contribution is -2.22. The molecule has 1 saturated carbocycles. The van der Waals surface area contributed by atoms with Crippen LogP contribution in [0.3, 0.4) is 0 Å². The van der Waals surface area contributed by atoms with Gasteiger partial charge in [0.15, 0.2) is 0 Å². The van der Waals surface area contributed by atoms with Crippen LogP contribution in [-0.4, -0.2) is 6.54 Å². The van der Waals surface area contributed by atoms with Crippen molar-refractivity contribution in [3.63, 3.8) is 0 Å². The van der Waals surface area contributed by atoms with Crippen molar-refractivity contribution < 1.29 is 0 Å². The lowest BCUT2D eigenvalue weighted by Gasteiger charge is -2.20. The molecule has 0 bridgehead atoms. The molecule has 2 aromatic carbocycles. The fraction of sp³-hybridized carbons (Fsp3) is 0.375. The van der Waals surface area contributed by atoms with Gasteiger partial charge < -0.3 is 5.32 Å². The van der Waals surface area contributed by atoms with Crippen molar-refractivity contribution in [2.24, 2.45) is 5.92 Å². The summed E-state index contributed by atoms with van der Waals surface area (Å²) in [6, 6.07) is 13.7. The van der Waals surface area contributed by atoms with Crippen LogP contribution in [0.4, 0.5) is 0 Å². The fourth-order valence-corrected chi connectivity index (χ4v) is 3.21. The molecule has 0 radical (unpaired) electrons. The lowest BCUT2D eigenvalue weighted by molar-refractivity contribution is 0.499. The van der Waals surface area contributed by atoms with E-state index in [4.69, 9.17) is 0 Å². The van der Waals surface area contributed by atoms with Crippen molar-refractivity contribution in [3.05, 3.63) is 46.4 Å². The third-order valence-electron chi connectivity index (χ3n) is 3.76. The predicted molar refractivity (Wildman–Crippen MR) is 80.8 cm³/mol. The van der Waals surface area contributed by atoms with Gasteiger partial charge in [-0.25, -0.2) is 0 Å². The minimum Gasteiger partial charge on any atom is -0.310 e. The monoisotopic (exact) mass is 303 g/mol. The zero-order valence-corrected chi connectivity index (χ0v) is 12.2. The number of hydrogen-bond acceptors (Lipinski definition) is 1. The van der Waals surface area contributed by atoms with Crippen LogP contribution < -0.4 is 5.32 Å². The van der Waals surface area contributed by atoms with Gasteiger partial charge in [-0.15, -0.1) is 0 Å². The molecule has 1 unspecified atom stereocenters. The van der Waals surface area contributed by atoms with Crippen molar-refractivity contribution in [3.8, 4) is 0 Å². The first-order valence-corrected chi connectivity index (χ1v) is 7.51. The van der Waals surface area contributed by atoms with Gasteiger partial charge in [0.2, 0.25) is 0 Å². The molecule has 18 heavy (non-hydrogen) atoms. The molecule has 0 amide bonds. The molecule has 0 saturated heterocycles. The maximum absolute atomic E-state index is 3.66. The fourth-order valence-electron chi connectivity index (χ4n) is 2.74. The van der Waals surface area contributed by atoms with Crippen LogP contribution in [0.15, 0.2) is 40.9 Å². The van der Waals surface area contributed by atoms with E-state index in [1.807, 2.05) is 0 Å². The van der Waals surface area contributed by atoms with Gasteiger partial charge in [-0.3, -0.25) is 0 Å². The molecular weight excluding hydrogens is 286 g/mol. The molecule has 3 rings (SSSR count). The summed E-state index contributed by atoms with van der Waals surface area (Å²) in [5.41, 5.74) is 1.46. The third kappa shape index (κ3) is 2.19. The summed E-state index contributed by atoms with van der Waals surface area (Å²) in [7, 11) is 0. The van der Waals surface area contributed by atoms with E-state index in [9.17, 15) is 0 Å². The molecule has 94 valence electrons. The van der Waals surface area contributed by atoms with Crippen molar-refractivity contribution in [1.29, 1.82) is 0 Å². The zero-order chi connectivity index (χ0) is 12.5. The van der Waals surface area contributed by atoms with Crippen molar-refractivity contribution in [2.75, 3.05) is 6.54 Å². The first kappa shape index (κ1) is 12.2. The Kier molecular flexibility index (Phi) is 3.40. The average Bonchev–Trinajstić information content (AvgIpc) is 3.22. The van der Waals surface area contributed by atoms with E-state index in [0.717, 1.165) is 12.5 Å². The minimum absolute atomic E-state index is 0.521. The van der Waals surface area contributed by atoms with Crippen LogP contribution in [0.25, 0.3) is 10.8 Å². The second-order valence-corrected chi connectivity index (χ2v) is 5.91. The first-order valence-electron chi connectivity index (χ1n) is 6.71. The second kappa shape index (κ2) is 5.02. The SMILES string of the molecule is CCNC(c1ccc(Br)c2ccccc12)C1CC1. The van der Waals surface area contributed by atoms with Crippen LogP contribution in [0.1, 0.15) is 31.4 Å². The molecule has 0 heterocycles. The molecule has 1 aliphatic rings. The minimum atomic E-state index is 0.521. The van der Waals surface area contributed by atoms with Gasteiger partial charge in [-0.1, -0.05) is 53.2 Å². The van der Waals surface area contributed by atoms with Gasteiger partial charge in [-0.2, -0.15) is 0 Å². The Hall–Kier alpha value is -0.860. The molecule has 0 aromatic heterocycles. The molecule has 0 spiro atoms. The quantitative estimate of drug-likeness (QED) is 0.866. The summed E-state index contributed by atoms with van der Waals surface area (Å²) in [6.45, 7) is 3.22. The molecule has 2 heteroatoms. The van der Waals surface area contributed by atoms with Crippen LogP contribution in [0.2, 0.25) is 0 Å². The first-order chi connectivity index (χ1) is 8.81. The standard InChI is InChI=1S/C16H18BrN/c1-2-18-16(11-7-8-11)14-9-10-15(17)13-6-4-3-5-12(13)14/h3-6,9-11,16,18H,2,7-8H2,1H3. The summed E-state index contributed by atoms with van der Waals surface area (Å²) in [5.74, 6) is 0.828. The number of rotatable bonds is 4. The van der Waals surface area contributed by atoms with Crippen LogP contribution in [0, 0.1) is 5.92 Å². The molecule has 1 nitrogen and oxygen atoms in total. The summed E-state index contributed by atoms with van der Waals surface area (Å²) in [4.78, 5) is 0. The smallest absolute Gasteiger partial charge is 0.0354 e.